The van der Waals surface area contributed by atoms with E-state index >= 15 is 0 Å². The number of carboxylic acids is 1. The van der Waals surface area contributed by atoms with Gasteiger partial charge in [-0.15, -0.1) is 0 Å². The Labute approximate surface area is 118 Å². The Kier molecular flexibility index (Phi) is 4.60. The van der Waals surface area contributed by atoms with Crippen LogP contribution in [0, 0.1) is 5.82 Å². The molecule has 1 heterocycles. The fourth-order valence-corrected chi connectivity index (χ4v) is 2.84. The first-order chi connectivity index (χ1) is 9.54. The molecule has 0 radical (unpaired) electrons. The summed E-state index contributed by atoms with van der Waals surface area (Å²) in [6.07, 6.45) is 1.94. The summed E-state index contributed by atoms with van der Waals surface area (Å²) in [6, 6.07) is 4.70. The smallest absolute Gasteiger partial charge is 0.340 e. The zero-order valence-electron chi connectivity index (χ0n) is 12.0. The van der Waals surface area contributed by atoms with Gasteiger partial charge in [-0.3, -0.25) is 0 Å². The molecule has 2 rings (SSSR count). The van der Waals surface area contributed by atoms with Crippen LogP contribution in [0.2, 0.25) is 0 Å². The molecular formula is C15H21FN2O2. The van der Waals surface area contributed by atoms with Gasteiger partial charge in [0, 0.05) is 26.2 Å². The average Bonchev–Trinajstić information content (AvgIpc) is 2.46. The highest BCUT2D eigenvalue weighted by molar-refractivity contribution is 5.94. The minimum Gasteiger partial charge on any atom is -0.478 e. The van der Waals surface area contributed by atoms with E-state index in [9.17, 15) is 14.3 Å². The van der Waals surface area contributed by atoms with Gasteiger partial charge in [-0.2, -0.15) is 0 Å². The van der Waals surface area contributed by atoms with Crippen LogP contribution < -0.4 is 4.90 Å². The maximum atomic E-state index is 13.7. The van der Waals surface area contributed by atoms with Gasteiger partial charge in [-0.05, 0) is 31.5 Å². The first kappa shape index (κ1) is 14.8. The summed E-state index contributed by atoms with van der Waals surface area (Å²) < 4.78 is 13.7. The van der Waals surface area contributed by atoms with Crippen LogP contribution in [0.5, 0.6) is 0 Å². The van der Waals surface area contributed by atoms with Crippen molar-refractivity contribution >= 4 is 11.7 Å². The van der Waals surface area contributed by atoms with Crippen molar-refractivity contribution < 1.29 is 14.3 Å². The third kappa shape index (κ3) is 2.93. The van der Waals surface area contributed by atoms with Crippen LogP contribution in [0.3, 0.4) is 0 Å². The lowest BCUT2D eigenvalue weighted by molar-refractivity contribution is 0.0692. The lowest BCUT2D eigenvalue weighted by Crippen LogP contribution is -2.43. The zero-order chi connectivity index (χ0) is 14.7. The van der Waals surface area contributed by atoms with Crippen molar-refractivity contribution in [1.82, 2.24) is 4.90 Å². The molecule has 1 N–H and O–H groups in total. The van der Waals surface area contributed by atoms with Gasteiger partial charge >= 0.3 is 5.97 Å². The molecule has 110 valence electrons. The lowest BCUT2D eigenvalue weighted by Gasteiger charge is -2.37. The van der Waals surface area contributed by atoms with E-state index < -0.39 is 11.8 Å². The van der Waals surface area contributed by atoms with E-state index in [0.29, 0.717) is 5.69 Å². The number of carbonyl (C=O) groups is 1. The van der Waals surface area contributed by atoms with E-state index in [0.717, 1.165) is 32.5 Å². The van der Waals surface area contributed by atoms with Crippen LogP contribution in [0.1, 0.15) is 30.1 Å². The number of nitrogens with zero attached hydrogens (tertiary/aromatic N) is 2. The van der Waals surface area contributed by atoms with Crippen LogP contribution in [0.15, 0.2) is 18.2 Å². The van der Waals surface area contributed by atoms with Crippen LogP contribution in [-0.2, 0) is 0 Å². The van der Waals surface area contributed by atoms with Gasteiger partial charge in [-0.25, -0.2) is 9.18 Å². The minimum atomic E-state index is -1.21. The highest BCUT2D eigenvalue weighted by atomic mass is 19.1. The first-order valence-electron chi connectivity index (χ1n) is 7.01. The van der Waals surface area contributed by atoms with Crippen molar-refractivity contribution in [2.24, 2.45) is 0 Å². The highest BCUT2D eigenvalue weighted by Gasteiger charge is 2.26. The van der Waals surface area contributed by atoms with Crippen molar-refractivity contribution in [2.45, 2.75) is 25.8 Å². The predicted octanol–water partition coefficient (Wildman–Crippen LogP) is 2.44. The number of anilines is 1. The number of aromatic carboxylic acids is 1. The van der Waals surface area contributed by atoms with Crippen molar-refractivity contribution in [3.8, 4) is 0 Å². The second kappa shape index (κ2) is 6.22. The molecule has 0 unspecified atom stereocenters. The molecule has 5 heteroatoms. The largest absolute Gasteiger partial charge is 0.478 e. The SMILES string of the molecule is CCN1CCC(N(C)c2cccc(F)c2C(=O)O)CC1. The van der Waals surface area contributed by atoms with Crippen LogP contribution >= 0.6 is 0 Å². The van der Waals surface area contributed by atoms with Crippen LogP contribution in [0.25, 0.3) is 0 Å². The fraction of sp³-hybridized carbons (Fsp3) is 0.533. The van der Waals surface area contributed by atoms with E-state index in [-0.39, 0.29) is 11.6 Å². The van der Waals surface area contributed by atoms with Gasteiger partial charge in [0.1, 0.15) is 11.4 Å². The Morgan fingerprint density at radius 1 is 1.45 bits per heavy atom. The number of benzene rings is 1. The number of piperidine rings is 1. The van der Waals surface area contributed by atoms with E-state index in [1.54, 1.807) is 12.1 Å². The van der Waals surface area contributed by atoms with Crippen molar-refractivity contribution in [1.29, 1.82) is 0 Å². The van der Waals surface area contributed by atoms with Crippen molar-refractivity contribution in [2.75, 3.05) is 31.6 Å². The molecule has 0 spiro atoms. The number of likely N-dealkylation sites (tertiary alicyclic amines) is 1. The zero-order valence-corrected chi connectivity index (χ0v) is 12.0. The highest BCUT2D eigenvalue weighted by Crippen LogP contribution is 2.27. The molecule has 0 atom stereocenters. The molecule has 0 bridgehead atoms. The molecule has 1 aromatic carbocycles. The van der Waals surface area contributed by atoms with Gasteiger partial charge in [0.25, 0.3) is 0 Å². The number of rotatable bonds is 4. The normalized spacial score (nSPS) is 17.1. The number of carboxylic acid groups (broad SMARTS) is 1. The topological polar surface area (TPSA) is 43.8 Å². The Hall–Kier alpha value is -1.62. The molecule has 1 aliphatic rings. The summed E-state index contributed by atoms with van der Waals surface area (Å²) in [4.78, 5) is 15.5. The molecule has 0 amide bonds. The molecule has 20 heavy (non-hydrogen) atoms. The Morgan fingerprint density at radius 3 is 2.65 bits per heavy atom. The standard InChI is InChI=1S/C15H21FN2O2/c1-3-18-9-7-11(8-10-18)17(2)13-6-4-5-12(16)14(13)15(19)20/h4-6,11H,3,7-10H2,1-2H3,(H,19,20). The Morgan fingerprint density at radius 2 is 2.10 bits per heavy atom. The number of halogens is 1. The molecule has 1 fully saturated rings. The molecule has 1 saturated heterocycles. The van der Waals surface area contributed by atoms with Crippen LogP contribution in [0.4, 0.5) is 10.1 Å². The summed E-state index contributed by atoms with van der Waals surface area (Å²) in [7, 11) is 1.85. The first-order valence-corrected chi connectivity index (χ1v) is 7.01. The maximum absolute atomic E-state index is 13.7. The van der Waals surface area contributed by atoms with Crippen LogP contribution in [-0.4, -0.2) is 48.7 Å². The van der Waals surface area contributed by atoms with E-state index in [1.165, 1.54) is 6.07 Å². The van der Waals surface area contributed by atoms with E-state index in [4.69, 9.17) is 0 Å². The van der Waals surface area contributed by atoms with Crippen molar-refractivity contribution in [3.05, 3.63) is 29.6 Å². The number of hydrogen-bond donors (Lipinski definition) is 1. The summed E-state index contributed by atoms with van der Waals surface area (Å²) in [5.74, 6) is -1.89. The molecule has 1 aliphatic heterocycles. The molecular weight excluding hydrogens is 259 g/mol. The van der Waals surface area contributed by atoms with Gasteiger partial charge in [0.15, 0.2) is 0 Å². The fourth-order valence-electron chi connectivity index (χ4n) is 2.84. The molecule has 0 aliphatic carbocycles. The Balaban J connectivity index is 2.20. The summed E-state index contributed by atoms with van der Waals surface area (Å²) >= 11 is 0. The second-order valence-electron chi connectivity index (χ2n) is 5.22. The van der Waals surface area contributed by atoms with Crippen molar-refractivity contribution in [3.63, 3.8) is 0 Å². The molecule has 0 saturated carbocycles. The van der Waals surface area contributed by atoms with E-state index in [1.807, 2.05) is 11.9 Å². The quantitative estimate of drug-likeness (QED) is 0.920. The monoisotopic (exact) mass is 280 g/mol. The van der Waals surface area contributed by atoms with Gasteiger partial charge in [0.2, 0.25) is 0 Å². The lowest BCUT2D eigenvalue weighted by atomic mass is 10.0. The minimum absolute atomic E-state index is 0.229. The molecule has 4 nitrogen and oxygen atoms in total. The third-order valence-electron chi connectivity index (χ3n) is 4.14. The Bertz CT molecular complexity index is 485. The van der Waals surface area contributed by atoms with Gasteiger partial charge < -0.3 is 14.9 Å². The number of hydrogen-bond acceptors (Lipinski definition) is 3. The third-order valence-corrected chi connectivity index (χ3v) is 4.14. The summed E-state index contributed by atoms with van der Waals surface area (Å²) in [5.41, 5.74) is 0.236. The second-order valence-corrected chi connectivity index (χ2v) is 5.22. The maximum Gasteiger partial charge on any atom is 0.340 e. The van der Waals surface area contributed by atoms with Gasteiger partial charge in [0.05, 0.1) is 5.69 Å². The molecule has 0 aromatic heterocycles. The average molecular weight is 280 g/mol. The summed E-state index contributed by atoms with van der Waals surface area (Å²) in [5, 5.41) is 9.20. The summed E-state index contributed by atoms with van der Waals surface area (Å²) in [6.45, 7) is 5.18. The predicted molar refractivity (Wildman–Crippen MR) is 76.9 cm³/mol. The van der Waals surface area contributed by atoms with E-state index in [2.05, 4.69) is 11.8 Å². The molecule has 1 aromatic rings. The van der Waals surface area contributed by atoms with Gasteiger partial charge in [-0.1, -0.05) is 13.0 Å².